The summed E-state index contributed by atoms with van der Waals surface area (Å²) in [6, 6.07) is 5.53. The van der Waals surface area contributed by atoms with Gasteiger partial charge < -0.3 is 19.7 Å². The molecule has 1 N–H and O–H groups in total. The van der Waals surface area contributed by atoms with Crippen molar-refractivity contribution in [3.63, 3.8) is 0 Å². The Labute approximate surface area is 153 Å². The highest BCUT2D eigenvalue weighted by Gasteiger charge is 2.32. The van der Waals surface area contributed by atoms with Gasteiger partial charge in [0.1, 0.15) is 17.1 Å². The molecule has 2 heterocycles. The number of carbonyl (C=O) groups excluding carboxylic acids is 1. The third kappa shape index (κ3) is 3.76. The van der Waals surface area contributed by atoms with E-state index in [0.717, 1.165) is 34.9 Å². The zero-order valence-corrected chi connectivity index (χ0v) is 16.0. The van der Waals surface area contributed by atoms with E-state index < -0.39 is 5.60 Å². The van der Waals surface area contributed by atoms with Crippen LogP contribution in [0.25, 0.3) is 0 Å². The van der Waals surface area contributed by atoms with Gasteiger partial charge in [0.25, 0.3) is 0 Å². The minimum Gasteiger partial charge on any atom is -0.497 e. The number of hydrogen-bond acceptors (Lipinski definition) is 4. The molecule has 0 bridgehead atoms. The Morgan fingerprint density at radius 3 is 2.88 bits per heavy atom. The lowest BCUT2D eigenvalue weighted by Gasteiger charge is -2.29. The molecule has 0 atom stereocenters. The Bertz CT molecular complexity index is 813. The largest absolute Gasteiger partial charge is 0.497 e. The van der Waals surface area contributed by atoms with Gasteiger partial charge in [0.15, 0.2) is 0 Å². The SMILES string of the molecule is CCc1nn(C)cc1NC(=O)N1Cc2ccc(OC)cc2OC(C)(C)C1. The second kappa shape index (κ2) is 6.90. The molecule has 1 aromatic heterocycles. The Morgan fingerprint density at radius 2 is 2.19 bits per heavy atom. The molecule has 0 radical (unpaired) electrons. The van der Waals surface area contributed by atoms with Crippen LogP contribution >= 0.6 is 0 Å². The van der Waals surface area contributed by atoms with Gasteiger partial charge in [0, 0.05) is 24.9 Å². The summed E-state index contributed by atoms with van der Waals surface area (Å²) >= 11 is 0. The zero-order chi connectivity index (χ0) is 18.9. The molecular weight excluding hydrogens is 332 g/mol. The fourth-order valence-electron chi connectivity index (χ4n) is 3.18. The van der Waals surface area contributed by atoms with Crippen LogP contribution in [0.1, 0.15) is 32.0 Å². The Kier molecular flexibility index (Phi) is 4.80. The lowest BCUT2D eigenvalue weighted by Crippen LogP contribution is -2.44. The monoisotopic (exact) mass is 358 g/mol. The van der Waals surface area contributed by atoms with Crippen molar-refractivity contribution in [1.82, 2.24) is 14.7 Å². The number of ether oxygens (including phenoxy) is 2. The highest BCUT2D eigenvalue weighted by atomic mass is 16.5. The summed E-state index contributed by atoms with van der Waals surface area (Å²) in [5.41, 5.74) is 2.06. The second-order valence-corrected chi connectivity index (χ2v) is 7.14. The number of amides is 2. The van der Waals surface area contributed by atoms with Gasteiger partial charge in [0.05, 0.1) is 31.6 Å². The molecule has 1 aliphatic rings. The molecule has 7 nitrogen and oxygen atoms in total. The van der Waals surface area contributed by atoms with E-state index in [-0.39, 0.29) is 6.03 Å². The fraction of sp³-hybridized carbons (Fsp3) is 0.474. The van der Waals surface area contributed by atoms with Gasteiger partial charge in [-0.05, 0) is 32.4 Å². The predicted octanol–water partition coefficient (Wildman–Crippen LogP) is 3.20. The van der Waals surface area contributed by atoms with Gasteiger partial charge in [-0.15, -0.1) is 0 Å². The molecule has 0 spiro atoms. The van der Waals surface area contributed by atoms with Crippen molar-refractivity contribution >= 4 is 11.7 Å². The number of aromatic nitrogens is 2. The first kappa shape index (κ1) is 18.1. The van der Waals surface area contributed by atoms with Crippen LogP contribution < -0.4 is 14.8 Å². The number of fused-ring (bicyclic) bond motifs is 1. The van der Waals surface area contributed by atoms with Gasteiger partial charge in [-0.1, -0.05) is 6.92 Å². The first-order valence-electron chi connectivity index (χ1n) is 8.75. The van der Waals surface area contributed by atoms with Crippen molar-refractivity contribution in [2.75, 3.05) is 19.0 Å². The fourth-order valence-corrected chi connectivity index (χ4v) is 3.18. The highest BCUT2D eigenvalue weighted by Crippen LogP contribution is 2.32. The number of aryl methyl sites for hydroxylation is 2. The van der Waals surface area contributed by atoms with Gasteiger partial charge in [-0.3, -0.25) is 4.68 Å². The second-order valence-electron chi connectivity index (χ2n) is 7.14. The van der Waals surface area contributed by atoms with Crippen molar-refractivity contribution in [2.45, 2.75) is 39.3 Å². The molecule has 0 fully saturated rings. The molecule has 140 valence electrons. The molecule has 0 saturated carbocycles. The molecule has 7 heteroatoms. The van der Waals surface area contributed by atoms with E-state index in [1.54, 1.807) is 16.7 Å². The Morgan fingerprint density at radius 1 is 1.42 bits per heavy atom. The van der Waals surface area contributed by atoms with E-state index in [1.165, 1.54) is 0 Å². The summed E-state index contributed by atoms with van der Waals surface area (Å²) in [6.45, 7) is 6.91. The molecule has 2 aromatic rings. The predicted molar refractivity (Wildman–Crippen MR) is 99.7 cm³/mol. The maximum atomic E-state index is 12.9. The van der Waals surface area contributed by atoms with Crippen LogP contribution in [0.15, 0.2) is 24.4 Å². The molecule has 0 unspecified atom stereocenters. The molecule has 3 rings (SSSR count). The lowest BCUT2D eigenvalue weighted by molar-refractivity contribution is 0.0833. The molecule has 0 saturated heterocycles. The van der Waals surface area contributed by atoms with E-state index in [0.29, 0.717) is 13.1 Å². The number of benzene rings is 1. The van der Waals surface area contributed by atoms with Crippen molar-refractivity contribution in [2.24, 2.45) is 7.05 Å². The number of nitrogens with one attached hydrogen (secondary N) is 1. The number of anilines is 1. The first-order chi connectivity index (χ1) is 12.3. The van der Waals surface area contributed by atoms with Crippen LogP contribution in [0.2, 0.25) is 0 Å². The minimum absolute atomic E-state index is 0.159. The van der Waals surface area contributed by atoms with Crippen LogP contribution in [0.5, 0.6) is 11.5 Å². The Balaban J connectivity index is 1.85. The summed E-state index contributed by atoms with van der Waals surface area (Å²) in [6.07, 6.45) is 2.59. The summed E-state index contributed by atoms with van der Waals surface area (Å²) in [4.78, 5) is 14.7. The van der Waals surface area contributed by atoms with Gasteiger partial charge in [-0.2, -0.15) is 5.10 Å². The van der Waals surface area contributed by atoms with Crippen LogP contribution in [-0.4, -0.2) is 40.0 Å². The zero-order valence-electron chi connectivity index (χ0n) is 16.0. The minimum atomic E-state index is -0.516. The van der Waals surface area contributed by atoms with Gasteiger partial charge in [-0.25, -0.2) is 4.79 Å². The standard InChI is InChI=1S/C19H26N4O3/c1-6-15-16(11-22(4)21-15)20-18(24)23-10-13-7-8-14(25-5)9-17(13)26-19(2,3)12-23/h7-9,11H,6,10,12H2,1-5H3,(H,20,24). The molecule has 26 heavy (non-hydrogen) atoms. The average molecular weight is 358 g/mol. The summed E-state index contributed by atoms with van der Waals surface area (Å²) in [5.74, 6) is 1.49. The molecule has 1 aromatic carbocycles. The number of rotatable bonds is 3. The van der Waals surface area contributed by atoms with Crippen molar-refractivity contribution in [3.8, 4) is 11.5 Å². The van der Waals surface area contributed by atoms with E-state index in [1.807, 2.05) is 52.2 Å². The van der Waals surface area contributed by atoms with E-state index in [4.69, 9.17) is 9.47 Å². The summed E-state index contributed by atoms with van der Waals surface area (Å²) in [7, 11) is 3.48. The van der Waals surface area contributed by atoms with Gasteiger partial charge in [0.2, 0.25) is 0 Å². The topological polar surface area (TPSA) is 68.6 Å². The van der Waals surface area contributed by atoms with Gasteiger partial charge >= 0.3 is 6.03 Å². The van der Waals surface area contributed by atoms with Crippen LogP contribution in [0.4, 0.5) is 10.5 Å². The quantitative estimate of drug-likeness (QED) is 0.915. The first-order valence-corrected chi connectivity index (χ1v) is 8.75. The summed E-state index contributed by atoms with van der Waals surface area (Å²) in [5, 5.41) is 7.37. The van der Waals surface area contributed by atoms with Crippen molar-refractivity contribution in [3.05, 3.63) is 35.7 Å². The maximum Gasteiger partial charge on any atom is 0.322 e. The number of urea groups is 1. The lowest BCUT2D eigenvalue weighted by atomic mass is 10.1. The molecular formula is C19H26N4O3. The third-order valence-corrected chi connectivity index (χ3v) is 4.36. The number of nitrogens with zero attached hydrogens (tertiary/aromatic N) is 3. The number of carbonyl (C=O) groups is 1. The maximum absolute atomic E-state index is 12.9. The smallest absolute Gasteiger partial charge is 0.322 e. The summed E-state index contributed by atoms with van der Waals surface area (Å²) < 4.78 is 13.2. The third-order valence-electron chi connectivity index (χ3n) is 4.36. The molecule has 0 aliphatic carbocycles. The van der Waals surface area contributed by atoms with E-state index in [9.17, 15) is 4.79 Å². The van der Waals surface area contributed by atoms with E-state index >= 15 is 0 Å². The average Bonchev–Trinajstić information content (AvgIpc) is 2.86. The van der Waals surface area contributed by atoms with Crippen LogP contribution in [0, 0.1) is 0 Å². The van der Waals surface area contributed by atoms with Crippen molar-refractivity contribution < 1.29 is 14.3 Å². The van der Waals surface area contributed by atoms with Crippen molar-refractivity contribution in [1.29, 1.82) is 0 Å². The van der Waals surface area contributed by atoms with E-state index in [2.05, 4.69) is 10.4 Å². The van der Waals surface area contributed by atoms with Crippen LogP contribution in [0.3, 0.4) is 0 Å². The molecule has 1 aliphatic heterocycles. The van der Waals surface area contributed by atoms with Crippen LogP contribution in [-0.2, 0) is 20.0 Å². The highest BCUT2D eigenvalue weighted by molar-refractivity contribution is 5.90. The normalized spacial score (nSPS) is 15.7. The molecule has 2 amide bonds. The number of hydrogen-bond donors (Lipinski definition) is 1. The Hall–Kier alpha value is -2.70. The number of methoxy groups -OCH3 is 1.